The van der Waals surface area contributed by atoms with E-state index in [-0.39, 0.29) is 11.8 Å². The van der Waals surface area contributed by atoms with Crippen LogP contribution in [0.5, 0.6) is 0 Å². The Kier molecular flexibility index (Phi) is 3.94. The van der Waals surface area contributed by atoms with Crippen molar-refractivity contribution in [2.45, 2.75) is 18.6 Å². The first kappa shape index (κ1) is 16.1. The number of carbonyl (C=O) groups is 2. The number of imide groups is 1. The van der Waals surface area contributed by atoms with Gasteiger partial charge in [0.1, 0.15) is 0 Å². The topological polar surface area (TPSA) is 65.3 Å². The average molecular weight is 375 g/mol. The van der Waals surface area contributed by atoms with Gasteiger partial charge in [-0.1, -0.05) is 40.6 Å². The molecule has 0 bridgehead atoms. The Labute approximate surface area is 153 Å². The molecule has 0 aromatic heterocycles. The van der Waals surface area contributed by atoms with E-state index >= 15 is 0 Å². The second kappa shape index (κ2) is 6.13. The number of halogens is 2. The third-order valence-corrected chi connectivity index (χ3v) is 4.70. The Morgan fingerprint density at radius 2 is 1.48 bits per heavy atom. The lowest BCUT2D eigenvalue weighted by Crippen LogP contribution is -2.39. The van der Waals surface area contributed by atoms with E-state index in [1.165, 1.54) is 0 Å². The average Bonchev–Trinajstić information content (AvgIpc) is 3.12. The molecule has 0 aliphatic carbocycles. The lowest BCUT2D eigenvalue weighted by molar-refractivity contribution is -0.123. The van der Waals surface area contributed by atoms with Crippen LogP contribution in [0.25, 0.3) is 0 Å². The molecule has 0 N–H and O–H groups in total. The van der Waals surface area contributed by atoms with Crippen molar-refractivity contribution in [2.75, 3.05) is 4.90 Å². The fourth-order valence-electron chi connectivity index (χ4n) is 2.98. The smallest absolute Gasteiger partial charge is 0.263 e. The third-order valence-electron chi connectivity index (χ3n) is 4.20. The van der Waals surface area contributed by atoms with Gasteiger partial charge in [0.15, 0.2) is 12.1 Å². The van der Waals surface area contributed by atoms with Crippen molar-refractivity contribution < 1.29 is 9.59 Å². The van der Waals surface area contributed by atoms with Crippen molar-refractivity contribution in [3.8, 4) is 0 Å². The molecule has 0 saturated carbocycles. The van der Waals surface area contributed by atoms with Crippen molar-refractivity contribution in [1.82, 2.24) is 5.01 Å². The molecule has 2 heterocycles. The molecule has 8 heteroatoms. The molecular weight excluding hydrogens is 363 g/mol. The Hall–Kier alpha value is -2.44. The van der Waals surface area contributed by atoms with Crippen LogP contribution < -0.4 is 4.90 Å². The maximum Gasteiger partial charge on any atom is 0.263 e. The summed E-state index contributed by atoms with van der Waals surface area (Å²) in [6, 6.07) is 12.3. The lowest BCUT2D eigenvalue weighted by atomic mass is 10.1. The van der Waals surface area contributed by atoms with Gasteiger partial charge >= 0.3 is 0 Å². The number of rotatable bonds is 3. The largest absolute Gasteiger partial charge is 0.271 e. The van der Waals surface area contributed by atoms with E-state index in [9.17, 15) is 9.59 Å². The zero-order chi connectivity index (χ0) is 17.6. The molecule has 2 aromatic rings. The fraction of sp³-hybridized carbons (Fsp3) is 0.176. The Morgan fingerprint density at radius 3 is 2.12 bits per heavy atom. The van der Waals surface area contributed by atoms with Crippen molar-refractivity contribution in [2.24, 2.45) is 10.3 Å². The van der Waals surface area contributed by atoms with E-state index in [0.29, 0.717) is 22.3 Å². The Morgan fingerprint density at radius 1 is 0.880 bits per heavy atom. The first-order chi connectivity index (χ1) is 12.0. The summed E-state index contributed by atoms with van der Waals surface area (Å²) >= 11 is 11.8. The number of carbonyl (C=O) groups excluding carboxylic acids is 2. The highest BCUT2D eigenvalue weighted by Gasteiger charge is 2.54. The Balaban J connectivity index is 1.59. The Bertz CT molecular complexity index is 867. The molecule has 2 aliphatic heterocycles. The van der Waals surface area contributed by atoms with Crippen LogP contribution >= 0.6 is 23.2 Å². The number of nitrogens with zero attached hydrogens (tertiary/aromatic N) is 4. The van der Waals surface area contributed by atoms with Gasteiger partial charge in [-0.25, -0.2) is 4.90 Å². The molecule has 0 unspecified atom stereocenters. The van der Waals surface area contributed by atoms with Crippen LogP contribution in [0.3, 0.4) is 0 Å². The quantitative estimate of drug-likeness (QED) is 0.772. The van der Waals surface area contributed by atoms with E-state index < -0.39 is 12.1 Å². The van der Waals surface area contributed by atoms with Gasteiger partial charge in [-0.15, -0.1) is 0 Å². The van der Waals surface area contributed by atoms with Crippen molar-refractivity contribution in [1.29, 1.82) is 0 Å². The summed E-state index contributed by atoms with van der Waals surface area (Å²) < 4.78 is 0. The number of benzene rings is 2. The summed E-state index contributed by atoms with van der Waals surface area (Å²) in [5.74, 6) is -0.712. The lowest BCUT2D eigenvalue weighted by Gasteiger charge is -2.20. The highest BCUT2D eigenvalue weighted by atomic mass is 35.5. The molecular formula is C17H12Cl2N4O2. The normalized spacial score (nSPS) is 22.0. The van der Waals surface area contributed by atoms with E-state index in [4.69, 9.17) is 23.2 Å². The third kappa shape index (κ3) is 2.77. The van der Waals surface area contributed by atoms with Crippen LogP contribution in [0.2, 0.25) is 10.0 Å². The summed E-state index contributed by atoms with van der Waals surface area (Å²) in [4.78, 5) is 26.6. The summed E-state index contributed by atoms with van der Waals surface area (Å²) in [7, 11) is 0. The summed E-state index contributed by atoms with van der Waals surface area (Å²) in [5, 5.41) is 10.7. The molecule has 2 aromatic carbocycles. The molecule has 2 atom stereocenters. The second-order valence-electron chi connectivity index (χ2n) is 5.81. The van der Waals surface area contributed by atoms with Crippen LogP contribution in [-0.4, -0.2) is 28.9 Å². The van der Waals surface area contributed by atoms with E-state index in [0.717, 1.165) is 10.5 Å². The molecule has 126 valence electrons. The van der Waals surface area contributed by atoms with Crippen LogP contribution in [0.15, 0.2) is 58.9 Å². The minimum Gasteiger partial charge on any atom is -0.271 e. The number of amides is 2. The van der Waals surface area contributed by atoms with E-state index in [2.05, 4.69) is 10.3 Å². The summed E-state index contributed by atoms with van der Waals surface area (Å²) in [5.41, 5.74) is 1.41. The van der Waals surface area contributed by atoms with Crippen LogP contribution in [0, 0.1) is 0 Å². The van der Waals surface area contributed by atoms with Crippen LogP contribution in [-0.2, 0) is 16.1 Å². The van der Waals surface area contributed by atoms with Crippen LogP contribution in [0.4, 0.5) is 5.69 Å². The second-order valence-corrected chi connectivity index (χ2v) is 6.68. The van der Waals surface area contributed by atoms with Crippen LogP contribution in [0.1, 0.15) is 5.56 Å². The molecule has 0 radical (unpaired) electrons. The number of anilines is 1. The van der Waals surface area contributed by atoms with Crippen molar-refractivity contribution >= 4 is 40.7 Å². The van der Waals surface area contributed by atoms with Gasteiger partial charge in [0, 0.05) is 10.0 Å². The summed E-state index contributed by atoms with van der Waals surface area (Å²) in [6.07, 6.45) is 0. The fourth-order valence-corrected chi connectivity index (χ4v) is 3.23. The molecule has 1 fully saturated rings. The SMILES string of the molecule is O=C1[C@@H]2[C@@H](N=NN2Cc2ccc(Cl)cc2)C(=O)N1c1ccc(Cl)cc1. The first-order valence-corrected chi connectivity index (χ1v) is 8.35. The maximum absolute atomic E-state index is 12.8. The van der Waals surface area contributed by atoms with Gasteiger partial charge in [-0.3, -0.25) is 14.6 Å². The van der Waals surface area contributed by atoms with Gasteiger partial charge < -0.3 is 0 Å². The highest BCUT2D eigenvalue weighted by molar-refractivity contribution is 6.31. The maximum atomic E-state index is 12.8. The minimum atomic E-state index is -0.810. The monoisotopic (exact) mass is 374 g/mol. The predicted molar refractivity (Wildman–Crippen MR) is 93.4 cm³/mol. The molecule has 2 amide bonds. The van der Waals surface area contributed by atoms with Crippen molar-refractivity contribution in [3.63, 3.8) is 0 Å². The molecule has 6 nitrogen and oxygen atoms in total. The predicted octanol–water partition coefficient (Wildman–Crippen LogP) is 3.49. The molecule has 4 rings (SSSR count). The molecule has 0 spiro atoms. The minimum absolute atomic E-state index is 0.337. The molecule has 1 saturated heterocycles. The summed E-state index contributed by atoms with van der Waals surface area (Å²) in [6.45, 7) is 0.370. The number of fused-ring (bicyclic) bond motifs is 1. The van der Waals surface area contributed by atoms with Gasteiger partial charge in [0.05, 0.1) is 12.2 Å². The van der Waals surface area contributed by atoms with Gasteiger partial charge in [0.2, 0.25) is 0 Å². The molecule has 25 heavy (non-hydrogen) atoms. The van der Waals surface area contributed by atoms with E-state index in [1.54, 1.807) is 41.4 Å². The van der Waals surface area contributed by atoms with Gasteiger partial charge in [-0.2, -0.15) is 5.11 Å². The van der Waals surface area contributed by atoms with Gasteiger partial charge in [0.25, 0.3) is 11.8 Å². The molecule has 2 aliphatic rings. The van der Waals surface area contributed by atoms with E-state index in [1.807, 2.05) is 12.1 Å². The van der Waals surface area contributed by atoms with Gasteiger partial charge in [-0.05, 0) is 42.0 Å². The zero-order valence-corrected chi connectivity index (χ0v) is 14.4. The zero-order valence-electron chi connectivity index (χ0n) is 12.8. The highest BCUT2D eigenvalue weighted by Crippen LogP contribution is 2.33. The number of hydrogen-bond donors (Lipinski definition) is 0. The van der Waals surface area contributed by atoms with Crippen molar-refractivity contribution in [3.05, 3.63) is 64.1 Å². The standard InChI is InChI=1S/C17H12Cl2N4O2/c18-11-3-1-10(2-4-11)9-22-15-14(20-21-22)16(24)23(17(15)25)13-7-5-12(19)6-8-13/h1-8,14-15H,9H2/t14-,15+/m1/s1. The number of hydrogen-bond acceptors (Lipinski definition) is 5. The first-order valence-electron chi connectivity index (χ1n) is 7.60.